The molecule has 0 saturated carbocycles. The summed E-state index contributed by atoms with van der Waals surface area (Å²) in [6.07, 6.45) is -0.639. The molecule has 2 rings (SSSR count). The highest BCUT2D eigenvalue weighted by Gasteiger charge is 2.22. The first-order chi connectivity index (χ1) is 10.8. The zero-order valence-electron chi connectivity index (χ0n) is 13.9. The number of hydrogen-bond donors (Lipinski definition) is 3. The molecule has 1 saturated heterocycles. The van der Waals surface area contributed by atoms with Gasteiger partial charge < -0.3 is 24.6 Å². The predicted molar refractivity (Wildman–Crippen MR) is 86.1 cm³/mol. The van der Waals surface area contributed by atoms with Crippen molar-refractivity contribution in [3.05, 3.63) is 17.7 Å². The Morgan fingerprint density at radius 3 is 2.74 bits per heavy atom. The Labute approximate surface area is 135 Å². The van der Waals surface area contributed by atoms with E-state index in [-0.39, 0.29) is 23.2 Å². The Morgan fingerprint density at radius 1 is 1.43 bits per heavy atom. The van der Waals surface area contributed by atoms with Crippen LogP contribution in [-0.2, 0) is 9.47 Å². The number of benzene rings is 1. The minimum absolute atomic E-state index is 0.0302. The number of ether oxygens (including phenoxy) is 3. The van der Waals surface area contributed by atoms with Crippen molar-refractivity contribution in [1.29, 1.82) is 0 Å². The van der Waals surface area contributed by atoms with Crippen molar-refractivity contribution in [3.8, 4) is 11.5 Å². The molecule has 7 nitrogen and oxygen atoms in total. The highest BCUT2D eigenvalue weighted by atomic mass is 16.6. The first-order valence-electron chi connectivity index (χ1n) is 7.52. The second-order valence-electron chi connectivity index (χ2n) is 6.33. The summed E-state index contributed by atoms with van der Waals surface area (Å²) in [6, 6.07) is 3.38. The molecule has 1 amide bonds. The minimum atomic E-state index is -0.639. The predicted octanol–water partition coefficient (Wildman–Crippen LogP) is 2.41. The van der Waals surface area contributed by atoms with E-state index in [1.165, 1.54) is 7.11 Å². The number of amides is 1. The molecule has 1 unspecified atom stereocenters. The van der Waals surface area contributed by atoms with E-state index in [2.05, 4.69) is 10.6 Å². The standard InChI is InChI=1S/C16H24N2O5/c1-16(2,3)23-15(20)18-11-7-10(8-13(21-4)14(11)19)12-9-22-6-5-17-12/h7-8,12,17,19H,5-6,9H2,1-4H3,(H,18,20). The van der Waals surface area contributed by atoms with E-state index < -0.39 is 11.7 Å². The van der Waals surface area contributed by atoms with E-state index in [1.54, 1.807) is 32.9 Å². The molecule has 1 aliphatic rings. The third-order valence-corrected chi connectivity index (χ3v) is 3.28. The molecule has 128 valence electrons. The summed E-state index contributed by atoms with van der Waals surface area (Å²) in [4.78, 5) is 11.9. The number of morpholine rings is 1. The Balaban J connectivity index is 2.24. The van der Waals surface area contributed by atoms with Gasteiger partial charge in [-0.05, 0) is 38.5 Å². The molecule has 1 fully saturated rings. The second-order valence-corrected chi connectivity index (χ2v) is 6.33. The normalized spacial score (nSPS) is 18.3. The molecular formula is C16H24N2O5. The van der Waals surface area contributed by atoms with Crippen molar-refractivity contribution in [2.45, 2.75) is 32.4 Å². The van der Waals surface area contributed by atoms with Gasteiger partial charge in [-0.15, -0.1) is 0 Å². The fourth-order valence-electron chi connectivity index (χ4n) is 2.27. The van der Waals surface area contributed by atoms with Gasteiger partial charge in [-0.3, -0.25) is 5.32 Å². The lowest BCUT2D eigenvalue weighted by Crippen LogP contribution is -2.34. The van der Waals surface area contributed by atoms with Crippen molar-refractivity contribution >= 4 is 11.8 Å². The van der Waals surface area contributed by atoms with E-state index in [4.69, 9.17) is 14.2 Å². The number of phenols is 1. The molecule has 1 aromatic rings. The lowest BCUT2D eigenvalue weighted by Gasteiger charge is -2.25. The summed E-state index contributed by atoms with van der Waals surface area (Å²) in [5.74, 6) is 0.139. The van der Waals surface area contributed by atoms with Crippen LogP contribution in [0, 0.1) is 0 Å². The Morgan fingerprint density at radius 2 is 2.17 bits per heavy atom. The molecule has 7 heteroatoms. The van der Waals surface area contributed by atoms with Crippen molar-refractivity contribution in [3.63, 3.8) is 0 Å². The molecular weight excluding hydrogens is 300 g/mol. The van der Waals surface area contributed by atoms with Crippen LogP contribution in [0.4, 0.5) is 10.5 Å². The SMILES string of the molecule is COc1cc(C2COCCN2)cc(NC(=O)OC(C)(C)C)c1O. The molecule has 0 bridgehead atoms. The first kappa shape index (κ1) is 17.4. The van der Waals surface area contributed by atoms with Crippen molar-refractivity contribution in [1.82, 2.24) is 5.32 Å². The van der Waals surface area contributed by atoms with Crippen molar-refractivity contribution < 1.29 is 24.1 Å². The average Bonchev–Trinajstić information content (AvgIpc) is 2.48. The third-order valence-electron chi connectivity index (χ3n) is 3.28. The smallest absolute Gasteiger partial charge is 0.412 e. The highest BCUT2D eigenvalue weighted by molar-refractivity contribution is 5.88. The number of aromatic hydroxyl groups is 1. The number of anilines is 1. The molecule has 1 atom stereocenters. The number of nitrogens with one attached hydrogen (secondary N) is 2. The highest BCUT2D eigenvalue weighted by Crippen LogP contribution is 2.37. The second kappa shape index (κ2) is 7.06. The van der Waals surface area contributed by atoms with E-state index >= 15 is 0 Å². The maximum absolute atomic E-state index is 11.9. The average molecular weight is 324 g/mol. The maximum Gasteiger partial charge on any atom is 0.412 e. The topological polar surface area (TPSA) is 89.1 Å². The van der Waals surface area contributed by atoms with Gasteiger partial charge in [0.2, 0.25) is 0 Å². The van der Waals surface area contributed by atoms with Crippen molar-refractivity contribution in [2.24, 2.45) is 0 Å². The Hall–Kier alpha value is -1.99. The molecule has 0 aromatic heterocycles. The molecule has 1 aliphatic heterocycles. The van der Waals surface area contributed by atoms with Gasteiger partial charge in [0.05, 0.1) is 32.1 Å². The van der Waals surface area contributed by atoms with E-state index in [0.29, 0.717) is 13.2 Å². The largest absolute Gasteiger partial charge is 0.503 e. The summed E-state index contributed by atoms with van der Waals surface area (Å²) in [6.45, 7) is 7.23. The Kier molecular flexibility index (Phi) is 5.33. The molecule has 3 N–H and O–H groups in total. The van der Waals surface area contributed by atoms with Crippen molar-refractivity contribution in [2.75, 3.05) is 32.2 Å². The van der Waals surface area contributed by atoms with Crippen LogP contribution in [0.5, 0.6) is 11.5 Å². The Bertz CT molecular complexity index is 562. The number of carbonyl (C=O) groups is 1. The summed E-state index contributed by atoms with van der Waals surface area (Å²) < 4.78 is 15.9. The van der Waals surface area contributed by atoms with Crippen LogP contribution >= 0.6 is 0 Å². The van der Waals surface area contributed by atoms with E-state index in [9.17, 15) is 9.90 Å². The van der Waals surface area contributed by atoms with Gasteiger partial charge in [0.1, 0.15) is 5.60 Å². The van der Waals surface area contributed by atoms with E-state index in [0.717, 1.165) is 12.1 Å². The van der Waals surface area contributed by atoms with Gasteiger partial charge in [-0.25, -0.2) is 4.79 Å². The van der Waals surface area contributed by atoms with Crippen LogP contribution in [-0.4, -0.2) is 43.7 Å². The third kappa shape index (κ3) is 4.74. The maximum atomic E-state index is 11.9. The molecule has 1 aromatic carbocycles. The number of phenolic OH excluding ortho intramolecular Hbond substituents is 1. The quantitative estimate of drug-likeness (QED) is 0.740. The zero-order valence-corrected chi connectivity index (χ0v) is 13.9. The molecule has 23 heavy (non-hydrogen) atoms. The summed E-state index contributed by atoms with van der Waals surface area (Å²) in [7, 11) is 1.46. The molecule has 1 heterocycles. The summed E-state index contributed by atoms with van der Waals surface area (Å²) in [5, 5.41) is 16.1. The van der Waals surface area contributed by atoms with Crippen LogP contribution in [0.3, 0.4) is 0 Å². The fourth-order valence-corrected chi connectivity index (χ4v) is 2.27. The van der Waals surface area contributed by atoms with Gasteiger partial charge in [-0.2, -0.15) is 0 Å². The minimum Gasteiger partial charge on any atom is -0.503 e. The van der Waals surface area contributed by atoms with Gasteiger partial charge in [0, 0.05) is 6.54 Å². The van der Waals surface area contributed by atoms with Gasteiger partial charge in [0.25, 0.3) is 0 Å². The number of carbonyl (C=O) groups excluding carboxylic acids is 1. The first-order valence-corrected chi connectivity index (χ1v) is 7.52. The fraction of sp³-hybridized carbons (Fsp3) is 0.562. The number of methoxy groups -OCH3 is 1. The molecule has 0 aliphatic carbocycles. The van der Waals surface area contributed by atoms with E-state index in [1.807, 2.05) is 0 Å². The molecule has 0 radical (unpaired) electrons. The summed E-state index contributed by atoms with van der Waals surface area (Å²) >= 11 is 0. The van der Waals surface area contributed by atoms with Crippen LogP contribution in [0.2, 0.25) is 0 Å². The van der Waals surface area contributed by atoms with Crippen LogP contribution in [0.15, 0.2) is 12.1 Å². The lowest BCUT2D eigenvalue weighted by molar-refractivity contribution is 0.0635. The van der Waals surface area contributed by atoms with Crippen LogP contribution in [0.25, 0.3) is 0 Å². The van der Waals surface area contributed by atoms with Crippen LogP contribution in [0.1, 0.15) is 32.4 Å². The van der Waals surface area contributed by atoms with Gasteiger partial charge >= 0.3 is 6.09 Å². The monoisotopic (exact) mass is 324 g/mol. The van der Waals surface area contributed by atoms with Crippen LogP contribution < -0.4 is 15.4 Å². The van der Waals surface area contributed by atoms with Gasteiger partial charge in [-0.1, -0.05) is 0 Å². The summed E-state index contributed by atoms with van der Waals surface area (Å²) in [5.41, 5.74) is 0.464. The lowest BCUT2D eigenvalue weighted by atomic mass is 10.0. The number of hydrogen-bond acceptors (Lipinski definition) is 6. The number of rotatable bonds is 3. The molecule has 0 spiro atoms. The van der Waals surface area contributed by atoms with Gasteiger partial charge in [0.15, 0.2) is 11.5 Å². The zero-order chi connectivity index (χ0) is 17.0.